The Morgan fingerprint density at radius 3 is 2.78 bits per heavy atom. The molecule has 32 heavy (non-hydrogen) atoms. The average Bonchev–Trinajstić information content (AvgIpc) is 3.11. The molecule has 9 heteroatoms. The second-order valence-corrected chi connectivity index (χ2v) is 9.12. The number of aryl methyl sites for hydroxylation is 1. The summed E-state index contributed by atoms with van der Waals surface area (Å²) in [5, 5.41) is 5.36. The van der Waals surface area contributed by atoms with Gasteiger partial charge in [-0.2, -0.15) is 10.1 Å². The van der Waals surface area contributed by atoms with Gasteiger partial charge in [-0.25, -0.2) is 9.78 Å². The van der Waals surface area contributed by atoms with Gasteiger partial charge in [-0.05, 0) is 45.4 Å². The predicted molar refractivity (Wildman–Crippen MR) is 122 cm³/mol. The minimum Gasteiger partial charge on any atom is -0.459 e. The molecule has 3 aromatic rings. The molecule has 0 radical (unpaired) electrons. The van der Waals surface area contributed by atoms with Crippen molar-refractivity contribution in [1.82, 2.24) is 24.6 Å². The Morgan fingerprint density at radius 2 is 2.03 bits per heavy atom. The SMILES string of the molecule is C[C@H]1CN(c2ccnc(OCc3ccc4cnn(C)c4c3)n2)CCN1C(=O)OC(C)(C)C. The van der Waals surface area contributed by atoms with Gasteiger partial charge >= 0.3 is 12.1 Å². The molecule has 9 nitrogen and oxygen atoms in total. The molecule has 0 unspecified atom stereocenters. The Labute approximate surface area is 187 Å². The molecule has 1 amide bonds. The highest BCUT2D eigenvalue weighted by molar-refractivity contribution is 5.79. The molecule has 0 N–H and O–H groups in total. The van der Waals surface area contributed by atoms with E-state index in [2.05, 4.69) is 26.0 Å². The largest absolute Gasteiger partial charge is 0.459 e. The summed E-state index contributed by atoms with van der Waals surface area (Å²) in [5.41, 5.74) is 1.57. The molecular formula is C23H30N6O3. The summed E-state index contributed by atoms with van der Waals surface area (Å²) >= 11 is 0. The first-order valence-corrected chi connectivity index (χ1v) is 10.8. The number of fused-ring (bicyclic) bond motifs is 1. The molecule has 1 atom stereocenters. The molecule has 170 valence electrons. The van der Waals surface area contributed by atoms with E-state index in [1.807, 2.05) is 63.8 Å². The highest BCUT2D eigenvalue weighted by atomic mass is 16.6. The minimum absolute atomic E-state index is 0.00329. The first kappa shape index (κ1) is 21.9. The molecule has 0 aliphatic carbocycles. The quantitative estimate of drug-likeness (QED) is 0.617. The maximum Gasteiger partial charge on any atom is 0.410 e. The maximum atomic E-state index is 12.5. The zero-order valence-corrected chi connectivity index (χ0v) is 19.3. The number of nitrogens with zero attached hydrogens (tertiary/aromatic N) is 6. The van der Waals surface area contributed by atoms with Crippen molar-refractivity contribution >= 4 is 22.8 Å². The normalized spacial score (nSPS) is 17.0. The van der Waals surface area contributed by atoms with Crippen molar-refractivity contribution < 1.29 is 14.3 Å². The highest BCUT2D eigenvalue weighted by Gasteiger charge is 2.31. The van der Waals surface area contributed by atoms with Crippen LogP contribution in [0.5, 0.6) is 6.01 Å². The molecule has 0 saturated carbocycles. The second-order valence-electron chi connectivity index (χ2n) is 9.12. The van der Waals surface area contributed by atoms with E-state index in [0.717, 1.165) is 22.3 Å². The smallest absolute Gasteiger partial charge is 0.410 e. The fourth-order valence-electron chi connectivity index (χ4n) is 3.76. The van der Waals surface area contributed by atoms with Crippen LogP contribution in [-0.2, 0) is 18.4 Å². The van der Waals surface area contributed by atoms with Gasteiger partial charge in [-0.3, -0.25) is 4.68 Å². The van der Waals surface area contributed by atoms with Crippen molar-refractivity contribution in [2.24, 2.45) is 7.05 Å². The van der Waals surface area contributed by atoms with Gasteiger partial charge in [0.2, 0.25) is 0 Å². The van der Waals surface area contributed by atoms with E-state index in [1.54, 1.807) is 11.1 Å². The van der Waals surface area contributed by atoms with Crippen LogP contribution in [0.15, 0.2) is 36.7 Å². The molecule has 1 aliphatic rings. The number of hydrogen-bond donors (Lipinski definition) is 0. The zero-order valence-electron chi connectivity index (χ0n) is 19.3. The van der Waals surface area contributed by atoms with Crippen LogP contribution in [0.3, 0.4) is 0 Å². The molecule has 3 heterocycles. The van der Waals surface area contributed by atoms with Gasteiger partial charge in [0.15, 0.2) is 0 Å². The van der Waals surface area contributed by atoms with Crippen LogP contribution < -0.4 is 9.64 Å². The van der Waals surface area contributed by atoms with E-state index in [1.165, 1.54) is 0 Å². The van der Waals surface area contributed by atoms with Gasteiger partial charge in [-0.1, -0.05) is 12.1 Å². The fourth-order valence-corrected chi connectivity index (χ4v) is 3.76. The molecule has 0 spiro atoms. The Morgan fingerprint density at radius 1 is 1.22 bits per heavy atom. The predicted octanol–water partition coefficient (Wildman–Crippen LogP) is 3.39. The van der Waals surface area contributed by atoms with Crippen LogP contribution in [0.1, 0.15) is 33.3 Å². The van der Waals surface area contributed by atoms with E-state index < -0.39 is 5.60 Å². The third-order valence-corrected chi connectivity index (χ3v) is 5.38. The maximum absolute atomic E-state index is 12.5. The number of ether oxygens (including phenoxy) is 2. The topological polar surface area (TPSA) is 85.6 Å². The first-order chi connectivity index (χ1) is 15.2. The van der Waals surface area contributed by atoms with Crippen LogP contribution in [0.4, 0.5) is 10.6 Å². The van der Waals surface area contributed by atoms with Gasteiger partial charge in [0.1, 0.15) is 18.0 Å². The van der Waals surface area contributed by atoms with Crippen molar-refractivity contribution in [3.63, 3.8) is 0 Å². The summed E-state index contributed by atoms with van der Waals surface area (Å²) in [6.07, 6.45) is 3.27. The van der Waals surface area contributed by atoms with Gasteiger partial charge in [0, 0.05) is 44.3 Å². The number of amides is 1. The van der Waals surface area contributed by atoms with Crippen LogP contribution in [-0.4, -0.2) is 62.0 Å². The second kappa shape index (κ2) is 8.64. The highest BCUT2D eigenvalue weighted by Crippen LogP contribution is 2.21. The number of carbonyl (C=O) groups is 1. The Hall–Kier alpha value is -3.36. The lowest BCUT2D eigenvalue weighted by Gasteiger charge is -2.40. The summed E-state index contributed by atoms with van der Waals surface area (Å²) in [4.78, 5) is 25.2. The van der Waals surface area contributed by atoms with E-state index in [4.69, 9.17) is 9.47 Å². The van der Waals surface area contributed by atoms with Gasteiger partial charge in [-0.15, -0.1) is 0 Å². The standard InChI is InChI=1S/C23H30N6O3/c1-16-14-28(10-11-29(16)22(30)32-23(2,3)4)20-8-9-24-21(26-20)31-15-17-6-7-18-13-25-27(5)19(18)12-17/h6-9,12-13,16H,10-11,14-15H2,1-5H3/t16-/m0/s1. The molecule has 2 aromatic heterocycles. The number of piperazine rings is 1. The third kappa shape index (κ3) is 4.92. The van der Waals surface area contributed by atoms with Gasteiger partial charge in [0.25, 0.3) is 0 Å². The van der Waals surface area contributed by atoms with Gasteiger partial charge < -0.3 is 19.3 Å². The zero-order chi connectivity index (χ0) is 22.9. The van der Waals surface area contributed by atoms with E-state index >= 15 is 0 Å². The van der Waals surface area contributed by atoms with Crippen molar-refractivity contribution in [3.05, 3.63) is 42.2 Å². The lowest BCUT2D eigenvalue weighted by molar-refractivity contribution is 0.0158. The van der Waals surface area contributed by atoms with Crippen LogP contribution in [0.25, 0.3) is 10.9 Å². The minimum atomic E-state index is -0.506. The Bertz CT molecular complexity index is 1110. The summed E-state index contributed by atoms with van der Waals surface area (Å²) < 4.78 is 13.2. The number of carbonyl (C=O) groups excluding carboxylic acids is 1. The Balaban J connectivity index is 1.38. The number of anilines is 1. The number of rotatable bonds is 4. The molecule has 0 bridgehead atoms. The van der Waals surface area contributed by atoms with Crippen molar-refractivity contribution in [2.75, 3.05) is 24.5 Å². The van der Waals surface area contributed by atoms with Crippen LogP contribution in [0.2, 0.25) is 0 Å². The number of aromatic nitrogens is 4. The lowest BCUT2D eigenvalue weighted by atomic mass is 10.2. The summed E-state index contributed by atoms with van der Waals surface area (Å²) in [6.45, 7) is 9.91. The molecule has 4 rings (SSSR count). The third-order valence-electron chi connectivity index (χ3n) is 5.38. The van der Waals surface area contributed by atoms with Crippen molar-refractivity contribution in [1.29, 1.82) is 0 Å². The molecule has 1 aromatic carbocycles. The van der Waals surface area contributed by atoms with E-state index in [-0.39, 0.29) is 12.1 Å². The molecule has 1 saturated heterocycles. The van der Waals surface area contributed by atoms with E-state index in [0.29, 0.717) is 32.3 Å². The van der Waals surface area contributed by atoms with Crippen molar-refractivity contribution in [2.45, 2.75) is 45.9 Å². The molecule has 1 fully saturated rings. The summed E-state index contributed by atoms with van der Waals surface area (Å²) in [7, 11) is 1.92. The average molecular weight is 439 g/mol. The number of benzene rings is 1. The van der Waals surface area contributed by atoms with Gasteiger partial charge in [0.05, 0.1) is 11.7 Å². The fraction of sp³-hybridized carbons (Fsp3) is 0.478. The Kier molecular flexibility index (Phi) is 5.90. The molecular weight excluding hydrogens is 408 g/mol. The van der Waals surface area contributed by atoms with Crippen molar-refractivity contribution in [3.8, 4) is 6.01 Å². The summed E-state index contributed by atoms with van der Waals surface area (Å²) in [6, 6.07) is 8.31. The summed E-state index contributed by atoms with van der Waals surface area (Å²) in [5.74, 6) is 0.785. The lowest BCUT2D eigenvalue weighted by Crippen LogP contribution is -2.55. The first-order valence-electron chi connectivity index (χ1n) is 10.8. The van der Waals surface area contributed by atoms with Crippen LogP contribution in [0, 0.1) is 0 Å². The van der Waals surface area contributed by atoms with E-state index in [9.17, 15) is 4.79 Å². The monoisotopic (exact) mass is 438 g/mol. The molecule has 1 aliphatic heterocycles. The van der Waals surface area contributed by atoms with Crippen LogP contribution >= 0.6 is 0 Å². The number of hydrogen-bond acceptors (Lipinski definition) is 7.